The molecule has 126 valence electrons. The molecule has 1 aliphatic rings. The van der Waals surface area contributed by atoms with Crippen molar-refractivity contribution in [3.8, 4) is 0 Å². The van der Waals surface area contributed by atoms with Crippen molar-refractivity contribution in [2.75, 3.05) is 12.8 Å². The van der Waals surface area contributed by atoms with E-state index in [0.717, 1.165) is 28.9 Å². The van der Waals surface area contributed by atoms with Crippen LogP contribution in [0.3, 0.4) is 0 Å². The zero-order chi connectivity index (χ0) is 17.2. The summed E-state index contributed by atoms with van der Waals surface area (Å²) in [6, 6.07) is 13.7. The summed E-state index contributed by atoms with van der Waals surface area (Å²) in [5.74, 6) is -0.409. The van der Waals surface area contributed by atoms with Gasteiger partial charge in [-0.1, -0.05) is 24.3 Å². The molecule has 1 fully saturated rings. The number of thioether (sulfide) groups is 1. The Morgan fingerprint density at radius 3 is 2.38 bits per heavy atom. The van der Waals surface area contributed by atoms with Crippen LogP contribution in [0.5, 0.6) is 0 Å². The van der Waals surface area contributed by atoms with E-state index in [-0.39, 0.29) is 18.3 Å². The molecule has 5 heteroatoms. The van der Waals surface area contributed by atoms with Gasteiger partial charge in [-0.3, -0.25) is 4.79 Å². The van der Waals surface area contributed by atoms with Gasteiger partial charge in [-0.15, -0.1) is 11.8 Å². The SMILES string of the molecule is CSc1ccc(C(O)CNC(=O)C2(c3ccc(F)cc3)CC2)cc1. The second-order valence-corrected chi connectivity index (χ2v) is 6.97. The third-order valence-electron chi connectivity index (χ3n) is 4.54. The molecule has 1 atom stereocenters. The maximum Gasteiger partial charge on any atom is 0.230 e. The molecule has 1 amide bonds. The monoisotopic (exact) mass is 345 g/mol. The van der Waals surface area contributed by atoms with Gasteiger partial charge in [-0.2, -0.15) is 0 Å². The quantitative estimate of drug-likeness (QED) is 0.789. The Labute approximate surface area is 145 Å². The van der Waals surface area contributed by atoms with E-state index in [9.17, 15) is 14.3 Å². The van der Waals surface area contributed by atoms with Crippen LogP contribution < -0.4 is 5.32 Å². The number of carbonyl (C=O) groups excluding carboxylic acids is 1. The molecule has 2 aromatic rings. The molecule has 3 rings (SSSR count). The van der Waals surface area contributed by atoms with Crippen molar-refractivity contribution >= 4 is 17.7 Å². The van der Waals surface area contributed by atoms with Crippen LogP contribution in [0.15, 0.2) is 53.4 Å². The van der Waals surface area contributed by atoms with Gasteiger partial charge in [0.05, 0.1) is 11.5 Å². The van der Waals surface area contributed by atoms with Crippen LogP contribution in [0.25, 0.3) is 0 Å². The highest BCUT2D eigenvalue weighted by atomic mass is 32.2. The fourth-order valence-electron chi connectivity index (χ4n) is 2.84. The first kappa shape index (κ1) is 17.0. The first-order valence-electron chi connectivity index (χ1n) is 7.91. The topological polar surface area (TPSA) is 49.3 Å². The summed E-state index contributed by atoms with van der Waals surface area (Å²) in [7, 11) is 0. The summed E-state index contributed by atoms with van der Waals surface area (Å²) in [5.41, 5.74) is 1.05. The van der Waals surface area contributed by atoms with Crippen LogP contribution in [-0.4, -0.2) is 23.8 Å². The van der Waals surface area contributed by atoms with Crippen LogP contribution >= 0.6 is 11.8 Å². The standard InChI is InChI=1S/C19H20FNO2S/c1-24-16-8-2-13(3-9-16)17(22)12-21-18(23)19(10-11-19)14-4-6-15(20)7-5-14/h2-9,17,22H,10-12H2,1H3,(H,21,23). The molecule has 0 saturated heterocycles. The molecule has 1 saturated carbocycles. The van der Waals surface area contributed by atoms with E-state index < -0.39 is 11.5 Å². The van der Waals surface area contributed by atoms with E-state index in [0.29, 0.717) is 0 Å². The van der Waals surface area contributed by atoms with E-state index in [1.807, 2.05) is 30.5 Å². The molecule has 0 heterocycles. The molecule has 2 N–H and O–H groups in total. The number of hydrogen-bond acceptors (Lipinski definition) is 3. The van der Waals surface area contributed by atoms with E-state index in [1.165, 1.54) is 12.1 Å². The van der Waals surface area contributed by atoms with Gasteiger partial charge in [0.1, 0.15) is 5.82 Å². The number of nitrogens with one attached hydrogen (secondary N) is 1. The van der Waals surface area contributed by atoms with Crippen molar-refractivity contribution in [3.05, 3.63) is 65.5 Å². The maximum absolute atomic E-state index is 13.1. The van der Waals surface area contributed by atoms with E-state index in [2.05, 4.69) is 5.32 Å². The van der Waals surface area contributed by atoms with Gasteiger partial charge >= 0.3 is 0 Å². The number of carbonyl (C=O) groups is 1. The highest BCUT2D eigenvalue weighted by molar-refractivity contribution is 7.98. The van der Waals surface area contributed by atoms with Gasteiger partial charge in [0.25, 0.3) is 0 Å². The minimum absolute atomic E-state index is 0.103. The molecular weight excluding hydrogens is 325 g/mol. The van der Waals surface area contributed by atoms with Crippen molar-refractivity contribution in [2.45, 2.75) is 29.3 Å². The van der Waals surface area contributed by atoms with Gasteiger partial charge in [-0.05, 0) is 54.5 Å². The Balaban J connectivity index is 1.61. The normalized spacial score (nSPS) is 16.5. The van der Waals surface area contributed by atoms with Crippen LogP contribution in [0.1, 0.15) is 30.1 Å². The number of amides is 1. The predicted octanol–water partition coefficient (Wildman–Crippen LogP) is 3.43. The number of aliphatic hydroxyl groups is 1. The predicted molar refractivity (Wildman–Crippen MR) is 93.5 cm³/mol. The number of hydrogen-bond donors (Lipinski definition) is 2. The average Bonchev–Trinajstić information content (AvgIpc) is 3.42. The largest absolute Gasteiger partial charge is 0.387 e. The minimum Gasteiger partial charge on any atom is -0.387 e. The molecule has 0 aliphatic heterocycles. The average molecular weight is 345 g/mol. The van der Waals surface area contributed by atoms with Crippen molar-refractivity contribution in [2.24, 2.45) is 0 Å². The molecule has 0 aromatic heterocycles. The molecule has 2 aromatic carbocycles. The third-order valence-corrected chi connectivity index (χ3v) is 5.28. The Hall–Kier alpha value is -1.85. The number of aliphatic hydroxyl groups excluding tert-OH is 1. The fraction of sp³-hybridized carbons (Fsp3) is 0.316. The lowest BCUT2D eigenvalue weighted by molar-refractivity contribution is -0.124. The fourth-order valence-corrected chi connectivity index (χ4v) is 3.25. The Bertz CT molecular complexity index is 711. The molecule has 0 radical (unpaired) electrons. The van der Waals surface area contributed by atoms with Crippen molar-refractivity contribution < 1.29 is 14.3 Å². The maximum atomic E-state index is 13.1. The zero-order valence-corrected chi connectivity index (χ0v) is 14.3. The molecule has 24 heavy (non-hydrogen) atoms. The summed E-state index contributed by atoms with van der Waals surface area (Å²) in [5, 5.41) is 13.1. The first-order valence-corrected chi connectivity index (χ1v) is 9.14. The van der Waals surface area contributed by atoms with Gasteiger partial charge in [0, 0.05) is 11.4 Å². The van der Waals surface area contributed by atoms with Crippen LogP contribution in [0.4, 0.5) is 4.39 Å². The number of benzene rings is 2. The van der Waals surface area contributed by atoms with E-state index >= 15 is 0 Å². The summed E-state index contributed by atoms with van der Waals surface area (Å²) >= 11 is 1.64. The second kappa shape index (κ2) is 6.95. The highest BCUT2D eigenvalue weighted by Crippen LogP contribution is 2.48. The van der Waals surface area contributed by atoms with Crippen molar-refractivity contribution in [1.29, 1.82) is 0 Å². The summed E-state index contributed by atoms with van der Waals surface area (Å²) in [6.07, 6.45) is 2.76. The van der Waals surface area contributed by atoms with E-state index in [1.54, 1.807) is 23.9 Å². The van der Waals surface area contributed by atoms with Crippen LogP contribution in [0.2, 0.25) is 0 Å². The summed E-state index contributed by atoms with van der Waals surface area (Å²) in [6.45, 7) is 0.167. The Morgan fingerprint density at radius 1 is 1.21 bits per heavy atom. The molecule has 0 bridgehead atoms. The molecule has 3 nitrogen and oxygen atoms in total. The second-order valence-electron chi connectivity index (χ2n) is 6.09. The van der Waals surface area contributed by atoms with Crippen LogP contribution in [0, 0.1) is 5.82 Å². The lowest BCUT2D eigenvalue weighted by Crippen LogP contribution is -2.37. The highest BCUT2D eigenvalue weighted by Gasteiger charge is 2.51. The lowest BCUT2D eigenvalue weighted by Gasteiger charge is -2.18. The summed E-state index contributed by atoms with van der Waals surface area (Å²) in [4.78, 5) is 13.7. The Morgan fingerprint density at radius 2 is 1.83 bits per heavy atom. The van der Waals surface area contributed by atoms with Gasteiger partial charge in [-0.25, -0.2) is 4.39 Å². The Kier molecular flexibility index (Phi) is 4.92. The first-order chi connectivity index (χ1) is 11.5. The molecular formula is C19H20FNO2S. The minimum atomic E-state index is -0.742. The van der Waals surface area contributed by atoms with Gasteiger partial charge in [0.2, 0.25) is 5.91 Å². The lowest BCUT2D eigenvalue weighted by atomic mass is 9.95. The smallest absolute Gasteiger partial charge is 0.230 e. The van der Waals surface area contributed by atoms with Gasteiger partial charge in [0.15, 0.2) is 0 Å². The molecule has 1 aliphatic carbocycles. The van der Waals surface area contributed by atoms with E-state index in [4.69, 9.17) is 0 Å². The van der Waals surface area contributed by atoms with Crippen molar-refractivity contribution in [3.63, 3.8) is 0 Å². The van der Waals surface area contributed by atoms with Crippen LogP contribution in [-0.2, 0) is 10.2 Å². The zero-order valence-electron chi connectivity index (χ0n) is 13.5. The molecule has 1 unspecified atom stereocenters. The number of rotatable bonds is 6. The molecule has 0 spiro atoms. The summed E-state index contributed by atoms with van der Waals surface area (Å²) < 4.78 is 13.1. The third kappa shape index (κ3) is 3.47. The van der Waals surface area contributed by atoms with Crippen molar-refractivity contribution in [1.82, 2.24) is 5.32 Å². The number of halogens is 1. The van der Waals surface area contributed by atoms with Gasteiger partial charge < -0.3 is 10.4 Å².